The molecule has 6 nitrogen and oxygen atoms in total. The fourth-order valence-electron chi connectivity index (χ4n) is 2.24. The number of nitrogens with zero attached hydrogens (tertiary/aromatic N) is 2. The molecule has 0 atom stereocenters. The van der Waals surface area contributed by atoms with E-state index in [1.54, 1.807) is 53.6 Å². The first-order valence-electron chi connectivity index (χ1n) is 6.52. The van der Waals surface area contributed by atoms with E-state index in [0.29, 0.717) is 27.6 Å². The van der Waals surface area contributed by atoms with Crippen LogP contribution in [0.15, 0.2) is 23.0 Å². The molecule has 0 amide bonds. The second-order valence-corrected chi connectivity index (χ2v) is 5.10. The summed E-state index contributed by atoms with van der Waals surface area (Å²) in [5.41, 5.74) is 1.23. The van der Waals surface area contributed by atoms with E-state index in [1.165, 1.54) is 9.13 Å². The van der Waals surface area contributed by atoms with Gasteiger partial charge in [-0.2, -0.15) is 0 Å². The third-order valence-corrected chi connectivity index (χ3v) is 3.88. The Bertz CT molecular complexity index is 798. The standard InChI is InChI=1S/C15H18N2O4S/c1-16-10(8-13(22)17(2)15(16)18)9-6-11(19-3)14(21-5)12(7-9)20-4/h6-8H,1-5H3. The van der Waals surface area contributed by atoms with Crippen LogP contribution in [0.5, 0.6) is 17.2 Å². The largest absolute Gasteiger partial charge is 0.493 e. The summed E-state index contributed by atoms with van der Waals surface area (Å²) in [4.78, 5) is 12.2. The van der Waals surface area contributed by atoms with Crippen molar-refractivity contribution in [3.63, 3.8) is 0 Å². The Hall–Kier alpha value is -2.28. The third-order valence-electron chi connectivity index (χ3n) is 3.49. The van der Waals surface area contributed by atoms with E-state index in [2.05, 4.69) is 0 Å². The van der Waals surface area contributed by atoms with Crippen molar-refractivity contribution in [1.29, 1.82) is 0 Å². The van der Waals surface area contributed by atoms with Crippen LogP contribution in [-0.4, -0.2) is 30.5 Å². The maximum Gasteiger partial charge on any atom is 0.329 e. The summed E-state index contributed by atoms with van der Waals surface area (Å²) in [6.07, 6.45) is 0. The molecular weight excluding hydrogens is 304 g/mol. The van der Waals surface area contributed by atoms with E-state index in [9.17, 15) is 4.79 Å². The maximum atomic E-state index is 12.2. The quantitative estimate of drug-likeness (QED) is 0.807. The molecule has 1 aromatic heterocycles. The SMILES string of the molecule is COc1cc(-c2cc(=S)n(C)c(=O)n2C)cc(OC)c1OC. The molecular formula is C15H18N2O4S. The van der Waals surface area contributed by atoms with Gasteiger partial charge in [0.1, 0.15) is 4.64 Å². The molecule has 1 aromatic carbocycles. The zero-order valence-electron chi connectivity index (χ0n) is 13.2. The van der Waals surface area contributed by atoms with Crippen LogP contribution < -0.4 is 19.9 Å². The highest BCUT2D eigenvalue weighted by Gasteiger charge is 2.16. The van der Waals surface area contributed by atoms with Gasteiger partial charge in [0.25, 0.3) is 0 Å². The van der Waals surface area contributed by atoms with Gasteiger partial charge in [-0.3, -0.25) is 9.13 Å². The summed E-state index contributed by atoms with van der Waals surface area (Å²) in [5.74, 6) is 1.53. The summed E-state index contributed by atoms with van der Waals surface area (Å²) in [5, 5.41) is 0. The van der Waals surface area contributed by atoms with Crippen LogP contribution in [0.2, 0.25) is 0 Å². The molecule has 2 aromatic rings. The molecule has 0 N–H and O–H groups in total. The maximum absolute atomic E-state index is 12.2. The molecule has 0 spiro atoms. The minimum Gasteiger partial charge on any atom is -0.493 e. The lowest BCUT2D eigenvalue weighted by molar-refractivity contribution is 0.324. The van der Waals surface area contributed by atoms with Crippen LogP contribution >= 0.6 is 12.2 Å². The van der Waals surface area contributed by atoms with Crippen molar-refractivity contribution in [2.75, 3.05) is 21.3 Å². The Morgan fingerprint density at radius 3 is 1.91 bits per heavy atom. The molecule has 118 valence electrons. The van der Waals surface area contributed by atoms with Crippen molar-refractivity contribution >= 4 is 12.2 Å². The molecule has 7 heteroatoms. The van der Waals surface area contributed by atoms with E-state index in [1.807, 2.05) is 0 Å². The Morgan fingerprint density at radius 1 is 0.909 bits per heavy atom. The van der Waals surface area contributed by atoms with Crippen molar-refractivity contribution in [1.82, 2.24) is 9.13 Å². The first-order chi connectivity index (χ1) is 10.4. The van der Waals surface area contributed by atoms with Gasteiger partial charge in [0.15, 0.2) is 11.5 Å². The highest BCUT2D eigenvalue weighted by Crippen LogP contribution is 2.40. The number of ether oxygens (including phenoxy) is 3. The lowest BCUT2D eigenvalue weighted by Crippen LogP contribution is -2.28. The Balaban J connectivity index is 2.79. The van der Waals surface area contributed by atoms with Gasteiger partial charge in [-0.1, -0.05) is 12.2 Å². The summed E-state index contributed by atoms with van der Waals surface area (Å²) in [7, 11) is 7.96. The molecule has 2 rings (SSSR count). The van der Waals surface area contributed by atoms with Crippen LogP contribution in [-0.2, 0) is 14.1 Å². The Kier molecular flexibility index (Phi) is 4.56. The fraction of sp³-hybridized carbons (Fsp3) is 0.333. The average molecular weight is 322 g/mol. The summed E-state index contributed by atoms with van der Waals surface area (Å²) >= 11 is 5.22. The predicted octanol–water partition coefficient (Wildman–Crippen LogP) is 2.15. The lowest BCUT2D eigenvalue weighted by Gasteiger charge is -2.16. The van der Waals surface area contributed by atoms with E-state index < -0.39 is 0 Å². The van der Waals surface area contributed by atoms with Gasteiger partial charge < -0.3 is 14.2 Å². The monoisotopic (exact) mass is 322 g/mol. The van der Waals surface area contributed by atoms with Gasteiger partial charge in [-0.05, 0) is 18.2 Å². The highest BCUT2D eigenvalue weighted by atomic mass is 32.1. The molecule has 22 heavy (non-hydrogen) atoms. The number of aromatic nitrogens is 2. The zero-order chi connectivity index (χ0) is 16.4. The van der Waals surface area contributed by atoms with Gasteiger partial charge >= 0.3 is 5.69 Å². The van der Waals surface area contributed by atoms with Crippen LogP contribution in [0.4, 0.5) is 0 Å². The van der Waals surface area contributed by atoms with Crippen LogP contribution in [0, 0.1) is 4.64 Å². The molecule has 0 saturated heterocycles. The molecule has 0 radical (unpaired) electrons. The molecule has 0 aliphatic rings. The normalized spacial score (nSPS) is 10.4. The number of hydrogen-bond donors (Lipinski definition) is 0. The molecule has 1 heterocycles. The minimum absolute atomic E-state index is 0.198. The van der Waals surface area contributed by atoms with Gasteiger partial charge in [0.05, 0.1) is 27.0 Å². The fourth-order valence-corrected chi connectivity index (χ4v) is 2.43. The average Bonchev–Trinajstić information content (AvgIpc) is 2.54. The zero-order valence-corrected chi connectivity index (χ0v) is 14.0. The van der Waals surface area contributed by atoms with E-state index in [-0.39, 0.29) is 5.69 Å². The van der Waals surface area contributed by atoms with Gasteiger partial charge in [0.2, 0.25) is 5.75 Å². The number of benzene rings is 1. The summed E-state index contributed by atoms with van der Waals surface area (Å²) < 4.78 is 19.4. The van der Waals surface area contributed by atoms with Crippen LogP contribution in [0.3, 0.4) is 0 Å². The molecule has 0 aliphatic heterocycles. The van der Waals surface area contributed by atoms with Crippen LogP contribution in [0.1, 0.15) is 0 Å². The third kappa shape index (κ3) is 2.59. The lowest BCUT2D eigenvalue weighted by atomic mass is 10.1. The smallest absolute Gasteiger partial charge is 0.329 e. The van der Waals surface area contributed by atoms with Gasteiger partial charge in [-0.25, -0.2) is 4.79 Å². The molecule has 0 fully saturated rings. The number of methoxy groups -OCH3 is 3. The second kappa shape index (κ2) is 6.23. The number of rotatable bonds is 4. The summed E-state index contributed by atoms with van der Waals surface area (Å²) in [6, 6.07) is 5.33. The first-order valence-corrected chi connectivity index (χ1v) is 6.92. The van der Waals surface area contributed by atoms with E-state index >= 15 is 0 Å². The molecule has 0 saturated carbocycles. The van der Waals surface area contributed by atoms with Crippen molar-refractivity contribution in [2.24, 2.45) is 14.1 Å². The first kappa shape index (κ1) is 16.1. The van der Waals surface area contributed by atoms with Crippen molar-refractivity contribution < 1.29 is 14.2 Å². The molecule has 0 unspecified atom stereocenters. The minimum atomic E-state index is -0.198. The predicted molar refractivity (Wildman–Crippen MR) is 86.6 cm³/mol. The van der Waals surface area contributed by atoms with Gasteiger partial charge in [0, 0.05) is 19.7 Å². The van der Waals surface area contributed by atoms with Gasteiger partial charge in [-0.15, -0.1) is 0 Å². The van der Waals surface area contributed by atoms with Crippen molar-refractivity contribution in [3.05, 3.63) is 33.3 Å². The summed E-state index contributed by atoms with van der Waals surface area (Å²) in [6.45, 7) is 0. The van der Waals surface area contributed by atoms with Crippen molar-refractivity contribution in [2.45, 2.75) is 0 Å². The molecule has 0 bridgehead atoms. The second-order valence-electron chi connectivity index (χ2n) is 4.68. The Morgan fingerprint density at radius 2 is 1.45 bits per heavy atom. The molecule has 0 aliphatic carbocycles. The van der Waals surface area contributed by atoms with Crippen LogP contribution in [0.25, 0.3) is 11.3 Å². The number of hydrogen-bond acceptors (Lipinski definition) is 5. The Labute approximate surface area is 133 Å². The highest BCUT2D eigenvalue weighted by molar-refractivity contribution is 7.71. The van der Waals surface area contributed by atoms with E-state index in [4.69, 9.17) is 26.4 Å². The van der Waals surface area contributed by atoms with Crippen molar-refractivity contribution in [3.8, 4) is 28.5 Å². The topological polar surface area (TPSA) is 54.6 Å². The van der Waals surface area contributed by atoms with E-state index in [0.717, 1.165) is 5.56 Å².